The monoisotopic (exact) mass is 470 g/mol. The molecule has 0 aliphatic heterocycles. The molecule has 2 atom stereocenters. The summed E-state index contributed by atoms with van der Waals surface area (Å²) in [4.78, 5) is 0. The number of hydrogen-bond donors (Lipinski definition) is 2. The van der Waals surface area contributed by atoms with Gasteiger partial charge in [-0.1, -0.05) is 52.4 Å². The second-order valence-corrected chi connectivity index (χ2v) is 10.4. The van der Waals surface area contributed by atoms with E-state index in [0.29, 0.717) is 0 Å². The highest BCUT2D eigenvalue weighted by atomic mass is 16.3. The number of unbranched alkanes of at least 4 members (excludes halogenated alkanes) is 9. The van der Waals surface area contributed by atoms with Gasteiger partial charge in [0.2, 0.25) is 0 Å². The molecule has 0 saturated carbocycles. The maximum Gasteiger partial charge on any atom is 0.169 e. The lowest BCUT2D eigenvalue weighted by Gasteiger charge is -2.20. The number of hydrogen-bond acceptors (Lipinski definition) is 2. The van der Waals surface area contributed by atoms with Crippen LogP contribution in [0.3, 0.4) is 0 Å². The first-order chi connectivity index (χ1) is 16.3. The summed E-state index contributed by atoms with van der Waals surface area (Å²) < 4.78 is 4.47. The van der Waals surface area contributed by atoms with E-state index >= 15 is 0 Å². The Hall–Kier alpha value is -1.78. The number of aryl methyl sites for hydroxylation is 2. The van der Waals surface area contributed by atoms with E-state index in [4.69, 9.17) is 0 Å². The summed E-state index contributed by atoms with van der Waals surface area (Å²) >= 11 is 0. The average molecular weight is 471 g/mol. The van der Waals surface area contributed by atoms with E-state index < -0.39 is 11.2 Å². The van der Waals surface area contributed by atoms with Crippen LogP contribution in [0.5, 0.6) is 0 Å². The van der Waals surface area contributed by atoms with Crippen LogP contribution in [0.2, 0.25) is 0 Å². The quantitative estimate of drug-likeness (QED) is 0.217. The van der Waals surface area contributed by atoms with Crippen molar-refractivity contribution in [2.45, 2.75) is 129 Å². The lowest BCUT2D eigenvalue weighted by molar-refractivity contribution is -0.697. The van der Waals surface area contributed by atoms with Gasteiger partial charge in [-0.15, -0.1) is 0 Å². The molecule has 2 aromatic rings. The standard InChI is InChI=1S/C30H50N2O2/c1-5-29(3,33)27-17-23-31(24-18-27)21-15-13-11-9-7-8-10-12-14-16-22-32-25-19-28(20-26-32)30(4,34)6-2/h17-20,23-26,33-34H,5-16,21-22H2,1-4H3/q+2. The summed E-state index contributed by atoms with van der Waals surface area (Å²) in [6, 6.07) is 8.21. The van der Waals surface area contributed by atoms with E-state index in [1.54, 1.807) is 0 Å². The zero-order chi connectivity index (χ0) is 24.9. The molecule has 190 valence electrons. The van der Waals surface area contributed by atoms with E-state index in [9.17, 15) is 10.2 Å². The fourth-order valence-electron chi connectivity index (χ4n) is 4.34. The number of pyridine rings is 2. The van der Waals surface area contributed by atoms with Crippen LogP contribution in [0.15, 0.2) is 49.1 Å². The molecule has 2 rings (SSSR count). The van der Waals surface area contributed by atoms with Crippen molar-refractivity contribution in [3.8, 4) is 0 Å². The summed E-state index contributed by atoms with van der Waals surface area (Å²) in [6.45, 7) is 9.92. The molecule has 4 heteroatoms. The molecule has 2 aromatic heterocycles. The summed E-state index contributed by atoms with van der Waals surface area (Å²) in [7, 11) is 0. The van der Waals surface area contributed by atoms with Crippen molar-refractivity contribution < 1.29 is 19.3 Å². The number of aromatic nitrogens is 2. The lowest BCUT2D eigenvalue weighted by atomic mass is 9.94. The number of nitrogens with zero attached hydrogens (tertiary/aromatic N) is 2. The normalized spacial score (nSPS) is 15.1. The van der Waals surface area contributed by atoms with E-state index in [2.05, 4.69) is 58.2 Å². The van der Waals surface area contributed by atoms with Crippen LogP contribution in [0.4, 0.5) is 0 Å². The molecule has 2 N–H and O–H groups in total. The number of aliphatic hydroxyl groups is 2. The summed E-state index contributed by atoms with van der Waals surface area (Å²) in [5.74, 6) is 0. The molecule has 0 bridgehead atoms. The van der Waals surface area contributed by atoms with Crippen molar-refractivity contribution >= 4 is 0 Å². The Labute approximate surface area is 208 Å². The first-order valence-corrected chi connectivity index (χ1v) is 13.7. The molecule has 4 nitrogen and oxygen atoms in total. The first-order valence-electron chi connectivity index (χ1n) is 13.7. The maximum absolute atomic E-state index is 10.3. The SMILES string of the molecule is CCC(C)(O)c1cc[n+](CCCCCCCCCCCC[n+]2ccc(C(C)(O)CC)cc2)cc1. The highest BCUT2D eigenvalue weighted by Crippen LogP contribution is 2.23. The predicted octanol–water partition coefficient (Wildman–Crippen LogP) is 6.10. The molecule has 0 aliphatic carbocycles. The molecule has 2 heterocycles. The minimum atomic E-state index is -0.720. The van der Waals surface area contributed by atoms with Crippen LogP contribution in [0.25, 0.3) is 0 Å². The Morgan fingerprint density at radius 3 is 1.06 bits per heavy atom. The van der Waals surface area contributed by atoms with Gasteiger partial charge in [-0.3, -0.25) is 0 Å². The Morgan fingerprint density at radius 1 is 0.529 bits per heavy atom. The second-order valence-electron chi connectivity index (χ2n) is 10.4. The molecule has 0 spiro atoms. The van der Waals surface area contributed by atoms with Crippen molar-refractivity contribution in [2.75, 3.05) is 0 Å². The average Bonchev–Trinajstić information content (AvgIpc) is 2.85. The fraction of sp³-hybridized carbons (Fsp3) is 0.667. The second kappa shape index (κ2) is 14.6. The third-order valence-electron chi connectivity index (χ3n) is 7.49. The summed E-state index contributed by atoms with van der Waals surface area (Å²) in [6.07, 6.45) is 23.0. The predicted molar refractivity (Wildman–Crippen MR) is 139 cm³/mol. The minimum Gasteiger partial charge on any atom is -0.385 e. The van der Waals surface area contributed by atoms with Crippen molar-refractivity contribution in [1.29, 1.82) is 0 Å². The van der Waals surface area contributed by atoms with Gasteiger partial charge in [0, 0.05) is 37.1 Å². The van der Waals surface area contributed by atoms with Crippen LogP contribution < -0.4 is 9.13 Å². The van der Waals surface area contributed by atoms with Gasteiger partial charge in [0.1, 0.15) is 13.1 Å². The smallest absolute Gasteiger partial charge is 0.169 e. The van der Waals surface area contributed by atoms with Gasteiger partial charge in [0.25, 0.3) is 0 Å². The third kappa shape index (κ3) is 9.84. The van der Waals surface area contributed by atoms with Crippen LogP contribution in [0, 0.1) is 0 Å². The molecule has 2 unspecified atom stereocenters. The largest absolute Gasteiger partial charge is 0.385 e. The zero-order valence-corrected chi connectivity index (χ0v) is 22.3. The summed E-state index contributed by atoms with van der Waals surface area (Å²) in [5.41, 5.74) is 0.563. The Morgan fingerprint density at radius 2 is 0.794 bits per heavy atom. The van der Waals surface area contributed by atoms with Gasteiger partial charge in [-0.05, 0) is 50.7 Å². The zero-order valence-electron chi connectivity index (χ0n) is 22.3. The van der Waals surface area contributed by atoms with Crippen LogP contribution >= 0.6 is 0 Å². The van der Waals surface area contributed by atoms with Crippen molar-refractivity contribution in [3.05, 3.63) is 60.2 Å². The molecule has 0 amide bonds. The molecule has 34 heavy (non-hydrogen) atoms. The number of rotatable bonds is 17. The fourth-order valence-corrected chi connectivity index (χ4v) is 4.34. The van der Waals surface area contributed by atoms with Gasteiger partial charge in [-0.2, -0.15) is 0 Å². The lowest BCUT2D eigenvalue weighted by Crippen LogP contribution is -2.33. The van der Waals surface area contributed by atoms with E-state index in [1.165, 1.54) is 64.2 Å². The van der Waals surface area contributed by atoms with Crippen LogP contribution in [0.1, 0.15) is 116 Å². The van der Waals surface area contributed by atoms with Gasteiger partial charge < -0.3 is 10.2 Å². The highest BCUT2D eigenvalue weighted by molar-refractivity contribution is 5.16. The molecular formula is C30H50N2O2+2. The first kappa shape index (κ1) is 28.5. The Balaban J connectivity index is 1.44. The molecule has 0 saturated heterocycles. The highest BCUT2D eigenvalue weighted by Gasteiger charge is 2.22. The third-order valence-corrected chi connectivity index (χ3v) is 7.49. The van der Waals surface area contributed by atoms with Crippen molar-refractivity contribution in [3.63, 3.8) is 0 Å². The molecule has 0 radical (unpaired) electrons. The minimum absolute atomic E-state index is 0.720. The maximum atomic E-state index is 10.3. The van der Waals surface area contributed by atoms with Gasteiger partial charge in [-0.25, -0.2) is 9.13 Å². The van der Waals surface area contributed by atoms with Gasteiger partial charge in [0.15, 0.2) is 24.8 Å². The molecule has 0 aromatic carbocycles. The molecular weight excluding hydrogens is 420 g/mol. The van der Waals surface area contributed by atoms with Gasteiger partial charge in [0.05, 0.1) is 11.2 Å². The van der Waals surface area contributed by atoms with Crippen molar-refractivity contribution in [1.82, 2.24) is 0 Å². The van der Waals surface area contributed by atoms with Crippen LogP contribution in [-0.4, -0.2) is 10.2 Å². The van der Waals surface area contributed by atoms with E-state index in [0.717, 1.165) is 37.1 Å². The topological polar surface area (TPSA) is 48.2 Å². The molecule has 0 fully saturated rings. The molecule has 0 aliphatic rings. The Bertz CT molecular complexity index is 728. The Kier molecular flexibility index (Phi) is 12.2. The van der Waals surface area contributed by atoms with Crippen LogP contribution in [-0.2, 0) is 24.3 Å². The summed E-state index contributed by atoms with van der Waals surface area (Å²) in [5, 5.41) is 20.7. The van der Waals surface area contributed by atoms with E-state index in [-0.39, 0.29) is 0 Å². The van der Waals surface area contributed by atoms with E-state index in [1.807, 2.05) is 27.7 Å². The van der Waals surface area contributed by atoms with Crippen molar-refractivity contribution in [2.24, 2.45) is 0 Å². The van der Waals surface area contributed by atoms with Gasteiger partial charge >= 0.3 is 0 Å².